The Labute approximate surface area is 99.8 Å². The van der Waals surface area contributed by atoms with E-state index in [0.717, 1.165) is 11.6 Å². The fourth-order valence-corrected chi connectivity index (χ4v) is 1.23. The molecule has 0 bridgehead atoms. The van der Waals surface area contributed by atoms with Crippen LogP contribution < -0.4 is 9.47 Å². The van der Waals surface area contributed by atoms with Crippen molar-refractivity contribution in [3.63, 3.8) is 0 Å². The van der Waals surface area contributed by atoms with Crippen LogP contribution in [0.25, 0.3) is 6.08 Å². The molecular weight excluding hydrogens is 220 g/mol. The lowest BCUT2D eigenvalue weighted by atomic mass is 10.2. The fraction of sp³-hybridized carbons (Fsp3) is 0.154. The zero-order valence-electron chi connectivity index (χ0n) is 9.55. The van der Waals surface area contributed by atoms with Crippen LogP contribution in [0.5, 0.6) is 11.5 Å². The van der Waals surface area contributed by atoms with Crippen LogP contribution in [0.1, 0.15) is 5.56 Å². The minimum absolute atomic E-state index is 0.364. The maximum Gasteiger partial charge on any atom is 0.328 e. The van der Waals surface area contributed by atoms with Crippen LogP contribution in [0, 0.1) is 0 Å². The minimum Gasteiger partial charge on any atom is -0.493 e. The van der Waals surface area contributed by atoms with Crippen molar-refractivity contribution < 1.29 is 19.4 Å². The topological polar surface area (TPSA) is 55.8 Å². The summed E-state index contributed by atoms with van der Waals surface area (Å²) in [4.78, 5) is 10.4. The molecule has 0 saturated heterocycles. The molecule has 0 aliphatic carbocycles. The lowest BCUT2D eigenvalue weighted by molar-refractivity contribution is -0.131. The molecule has 0 atom stereocenters. The lowest BCUT2D eigenvalue weighted by Crippen LogP contribution is -1.96. The van der Waals surface area contributed by atoms with Gasteiger partial charge < -0.3 is 14.6 Å². The molecule has 0 aliphatic heterocycles. The van der Waals surface area contributed by atoms with E-state index in [0.29, 0.717) is 18.1 Å². The molecule has 4 heteroatoms. The van der Waals surface area contributed by atoms with Crippen molar-refractivity contribution >= 4 is 12.0 Å². The van der Waals surface area contributed by atoms with Gasteiger partial charge in [-0.2, -0.15) is 0 Å². The molecule has 1 rings (SSSR count). The van der Waals surface area contributed by atoms with E-state index in [1.807, 2.05) is 0 Å². The number of rotatable bonds is 6. The average Bonchev–Trinajstić information content (AvgIpc) is 2.33. The van der Waals surface area contributed by atoms with Crippen LogP contribution >= 0.6 is 0 Å². The number of carboxylic acids is 1. The zero-order chi connectivity index (χ0) is 12.7. The average molecular weight is 234 g/mol. The Kier molecular flexibility index (Phi) is 4.81. The third-order valence-corrected chi connectivity index (χ3v) is 1.96. The van der Waals surface area contributed by atoms with Gasteiger partial charge in [-0.1, -0.05) is 18.7 Å². The van der Waals surface area contributed by atoms with E-state index in [2.05, 4.69) is 6.58 Å². The van der Waals surface area contributed by atoms with Crippen LogP contribution in [0.3, 0.4) is 0 Å². The van der Waals surface area contributed by atoms with Gasteiger partial charge in [-0.05, 0) is 23.8 Å². The van der Waals surface area contributed by atoms with Crippen molar-refractivity contribution in [3.05, 3.63) is 42.5 Å². The van der Waals surface area contributed by atoms with Crippen molar-refractivity contribution in [1.29, 1.82) is 0 Å². The SMILES string of the molecule is C=CCOc1cc(/C=C/C(=O)O)ccc1OC. The van der Waals surface area contributed by atoms with Crippen molar-refractivity contribution in [2.75, 3.05) is 13.7 Å². The second-order valence-corrected chi connectivity index (χ2v) is 3.18. The molecule has 0 radical (unpaired) electrons. The number of carbonyl (C=O) groups is 1. The molecule has 1 aromatic rings. The highest BCUT2D eigenvalue weighted by Gasteiger charge is 2.04. The van der Waals surface area contributed by atoms with Crippen molar-refractivity contribution in [2.45, 2.75) is 0 Å². The summed E-state index contributed by atoms with van der Waals surface area (Å²) < 4.78 is 10.5. The second kappa shape index (κ2) is 6.37. The molecule has 0 amide bonds. The van der Waals surface area contributed by atoms with Gasteiger partial charge in [0, 0.05) is 6.08 Å². The molecule has 0 unspecified atom stereocenters. The lowest BCUT2D eigenvalue weighted by Gasteiger charge is -2.09. The summed E-state index contributed by atoms with van der Waals surface area (Å²) in [5.41, 5.74) is 0.729. The fourth-order valence-electron chi connectivity index (χ4n) is 1.23. The molecule has 1 N–H and O–H groups in total. The largest absolute Gasteiger partial charge is 0.493 e. The van der Waals surface area contributed by atoms with Crippen LogP contribution in [-0.4, -0.2) is 24.8 Å². The van der Waals surface area contributed by atoms with Crippen LogP contribution in [0.4, 0.5) is 0 Å². The van der Waals surface area contributed by atoms with Crippen LogP contribution in [0.2, 0.25) is 0 Å². The van der Waals surface area contributed by atoms with Gasteiger partial charge in [0.1, 0.15) is 6.61 Å². The Morgan fingerprint density at radius 3 is 2.82 bits per heavy atom. The van der Waals surface area contributed by atoms with E-state index in [9.17, 15) is 4.79 Å². The zero-order valence-corrected chi connectivity index (χ0v) is 9.55. The summed E-state index contributed by atoms with van der Waals surface area (Å²) in [6, 6.07) is 5.18. The first-order valence-corrected chi connectivity index (χ1v) is 5.00. The molecule has 0 fully saturated rings. The standard InChI is InChI=1S/C13H14O4/c1-3-8-17-12-9-10(5-7-13(14)15)4-6-11(12)16-2/h3-7,9H,1,8H2,2H3,(H,14,15)/b7-5+. The molecule has 0 saturated carbocycles. The molecular formula is C13H14O4. The molecule has 1 aromatic carbocycles. The Morgan fingerprint density at radius 1 is 1.47 bits per heavy atom. The third-order valence-electron chi connectivity index (χ3n) is 1.96. The summed E-state index contributed by atoms with van der Waals surface area (Å²) in [6.07, 6.45) is 4.18. The Morgan fingerprint density at radius 2 is 2.24 bits per heavy atom. The number of aliphatic carboxylic acids is 1. The highest BCUT2D eigenvalue weighted by atomic mass is 16.5. The van der Waals surface area contributed by atoms with Gasteiger partial charge in [0.25, 0.3) is 0 Å². The summed E-state index contributed by atoms with van der Waals surface area (Å²) in [6.45, 7) is 3.92. The predicted molar refractivity (Wildman–Crippen MR) is 65.4 cm³/mol. The van der Waals surface area contributed by atoms with Crippen molar-refractivity contribution in [3.8, 4) is 11.5 Å². The van der Waals surface area contributed by atoms with E-state index in [1.54, 1.807) is 31.4 Å². The maximum absolute atomic E-state index is 10.4. The first-order chi connectivity index (χ1) is 8.17. The number of hydrogen-bond donors (Lipinski definition) is 1. The van der Waals surface area contributed by atoms with Gasteiger partial charge >= 0.3 is 5.97 Å². The van der Waals surface area contributed by atoms with Crippen molar-refractivity contribution in [1.82, 2.24) is 0 Å². The van der Waals surface area contributed by atoms with Gasteiger partial charge in [0.05, 0.1) is 7.11 Å². The van der Waals surface area contributed by atoms with Crippen LogP contribution in [0.15, 0.2) is 36.9 Å². The molecule has 90 valence electrons. The summed E-state index contributed by atoms with van der Waals surface area (Å²) in [5, 5.41) is 8.53. The van der Waals surface area contributed by atoms with E-state index in [1.165, 1.54) is 6.08 Å². The van der Waals surface area contributed by atoms with Gasteiger partial charge in [-0.3, -0.25) is 0 Å². The van der Waals surface area contributed by atoms with E-state index in [4.69, 9.17) is 14.6 Å². The number of carboxylic acid groups (broad SMARTS) is 1. The second-order valence-electron chi connectivity index (χ2n) is 3.18. The number of methoxy groups -OCH3 is 1. The first-order valence-electron chi connectivity index (χ1n) is 5.00. The van der Waals surface area contributed by atoms with E-state index < -0.39 is 5.97 Å². The Balaban J connectivity index is 2.95. The normalized spacial score (nSPS) is 10.2. The monoisotopic (exact) mass is 234 g/mol. The van der Waals surface area contributed by atoms with E-state index in [-0.39, 0.29) is 0 Å². The summed E-state index contributed by atoms with van der Waals surface area (Å²) in [5.74, 6) is 0.161. The molecule has 0 spiro atoms. The number of benzene rings is 1. The minimum atomic E-state index is -0.991. The highest BCUT2D eigenvalue weighted by molar-refractivity contribution is 5.85. The van der Waals surface area contributed by atoms with Crippen molar-refractivity contribution in [2.24, 2.45) is 0 Å². The molecule has 4 nitrogen and oxygen atoms in total. The first kappa shape index (κ1) is 12.8. The summed E-state index contributed by atoms with van der Waals surface area (Å²) >= 11 is 0. The molecule has 0 aliphatic rings. The van der Waals surface area contributed by atoms with Gasteiger partial charge in [-0.15, -0.1) is 0 Å². The summed E-state index contributed by atoms with van der Waals surface area (Å²) in [7, 11) is 1.54. The highest BCUT2D eigenvalue weighted by Crippen LogP contribution is 2.28. The Hall–Kier alpha value is -2.23. The van der Waals surface area contributed by atoms with E-state index >= 15 is 0 Å². The Bertz CT molecular complexity index is 435. The van der Waals surface area contributed by atoms with Gasteiger partial charge in [-0.25, -0.2) is 4.79 Å². The number of ether oxygens (including phenoxy) is 2. The number of hydrogen-bond acceptors (Lipinski definition) is 3. The van der Waals surface area contributed by atoms with Crippen LogP contribution in [-0.2, 0) is 4.79 Å². The van der Waals surface area contributed by atoms with Gasteiger partial charge in [0.2, 0.25) is 0 Å². The molecule has 17 heavy (non-hydrogen) atoms. The maximum atomic E-state index is 10.4. The molecule has 0 heterocycles. The third kappa shape index (κ3) is 4.03. The quantitative estimate of drug-likeness (QED) is 0.606. The smallest absolute Gasteiger partial charge is 0.328 e. The van der Waals surface area contributed by atoms with Gasteiger partial charge in [0.15, 0.2) is 11.5 Å². The predicted octanol–water partition coefficient (Wildman–Crippen LogP) is 2.36. The molecule has 0 aromatic heterocycles.